The topological polar surface area (TPSA) is 54.5 Å². The van der Waals surface area contributed by atoms with Crippen molar-refractivity contribution in [2.75, 3.05) is 18.4 Å². The van der Waals surface area contributed by atoms with E-state index in [1.54, 1.807) is 11.1 Å². The summed E-state index contributed by atoms with van der Waals surface area (Å²) in [7, 11) is 0. The van der Waals surface area contributed by atoms with E-state index in [4.69, 9.17) is 16.3 Å². The van der Waals surface area contributed by atoms with Crippen LogP contribution >= 0.6 is 11.6 Å². The van der Waals surface area contributed by atoms with Crippen LogP contribution in [0.3, 0.4) is 0 Å². The Morgan fingerprint density at radius 3 is 2.64 bits per heavy atom. The average Bonchev–Trinajstić information content (AvgIpc) is 2.55. The van der Waals surface area contributed by atoms with Crippen molar-refractivity contribution in [1.82, 2.24) is 9.88 Å². The van der Waals surface area contributed by atoms with Gasteiger partial charge in [0.25, 0.3) is 0 Å². The lowest BCUT2D eigenvalue weighted by Gasteiger charge is -2.34. The fourth-order valence-electron chi connectivity index (χ4n) is 3.03. The Morgan fingerprint density at radius 2 is 1.96 bits per heavy atom. The SMILES string of the molecule is CC(C)(C)OC(=O)N1CCC(Nc2cncc3c(Cl)cccc23)CC1. The van der Waals surface area contributed by atoms with E-state index in [0.717, 1.165) is 29.3 Å². The number of amides is 1. The summed E-state index contributed by atoms with van der Waals surface area (Å²) >= 11 is 6.25. The van der Waals surface area contributed by atoms with Crippen molar-refractivity contribution in [1.29, 1.82) is 0 Å². The summed E-state index contributed by atoms with van der Waals surface area (Å²) in [5.74, 6) is 0. The van der Waals surface area contributed by atoms with Crippen LogP contribution < -0.4 is 5.32 Å². The third-order valence-electron chi connectivity index (χ3n) is 4.26. The molecule has 0 unspecified atom stereocenters. The number of nitrogens with one attached hydrogen (secondary N) is 1. The summed E-state index contributed by atoms with van der Waals surface area (Å²) in [4.78, 5) is 18.2. The quantitative estimate of drug-likeness (QED) is 0.842. The number of aromatic nitrogens is 1. The van der Waals surface area contributed by atoms with Gasteiger partial charge in [-0.3, -0.25) is 4.98 Å². The maximum Gasteiger partial charge on any atom is 0.410 e. The summed E-state index contributed by atoms with van der Waals surface area (Å²) in [5.41, 5.74) is 0.524. The third kappa shape index (κ3) is 4.34. The van der Waals surface area contributed by atoms with Crippen LogP contribution in [0.25, 0.3) is 10.8 Å². The molecule has 1 aromatic carbocycles. The minimum atomic E-state index is -0.458. The van der Waals surface area contributed by atoms with Crippen molar-refractivity contribution in [2.45, 2.75) is 45.3 Å². The normalized spacial score (nSPS) is 16.1. The Kier molecular flexibility index (Phi) is 5.04. The van der Waals surface area contributed by atoms with Crippen LogP contribution in [0, 0.1) is 0 Å². The summed E-state index contributed by atoms with van der Waals surface area (Å²) in [5, 5.41) is 6.27. The average molecular weight is 362 g/mol. The lowest BCUT2D eigenvalue weighted by molar-refractivity contribution is 0.0210. The fraction of sp³-hybridized carbons (Fsp3) is 0.474. The van der Waals surface area contributed by atoms with Crippen LogP contribution in [0.2, 0.25) is 5.02 Å². The minimum absolute atomic E-state index is 0.232. The Labute approximate surface area is 153 Å². The number of pyridine rings is 1. The maximum absolute atomic E-state index is 12.1. The molecule has 1 N–H and O–H groups in total. The molecule has 2 aromatic rings. The van der Waals surface area contributed by atoms with Crippen molar-refractivity contribution in [3.63, 3.8) is 0 Å². The van der Waals surface area contributed by atoms with E-state index in [-0.39, 0.29) is 6.09 Å². The molecule has 5 nitrogen and oxygen atoms in total. The second kappa shape index (κ2) is 7.08. The van der Waals surface area contributed by atoms with E-state index in [1.165, 1.54) is 0 Å². The first-order valence-electron chi connectivity index (χ1n) is 8.60. The highest BCUT2D eigenvalue weighted by molar-refractivity contribution is 6.35. The number of nitrogens with zero attached hydrogens (tertiary/aromatic N) is 2. The van der Waals surface area contributed by atoms with Crippen LogP contribution in [0.15, 0.2) is 30.6 Å². The Bertz CT molecular complexity index is 765. The molecule has 1 saturated heterocycles. The lowest BCUT2D eigenvalue weighted by atomic mass is 10.0. The van der Waals surface area contributed by atoms with E-state index in [1.807, 2.05) is 45.2 Å². The van der Waals surface area contributed by atoms with Crippen LogP contribution in [-0.4, -0.2) is 40.7 Å². The number of carbonyl (C=O) groups is 1. The molecule has 134 valence electrons. The van der Waals surface area contributed by atoms with Gasteiger partial charge in [-0.2, -0.15) is 0 Å². The Morgan fingerprint density at radius 1 is 1.24 bits per heavy atom. The Hall–Kier alpha value is -2.01. The number of fused-ring (bicyclic) bond motifs is 1. The van der Waals surface area contributed by atoms with Gasteiger partial charge < -0.3 is 15.0 Å². The van der Waals surface area contributed by atoms with Gasteiger partial charge in [0.05, 0.1) is 16.9 Å². The van der Waals surface area contributed by atoms with Gasteiger partial charge in [0, 0.05) is 36.1 Å². The van der Waals surface area contributed by atoms with Gasteiger partial charge in [-0.25, -0.2) is 4.79 Å². The fourth-order valence-corrected chi connectivity index (χ4v) is 3.25. The number of benzene rings is 1. The summed E-state index contributed by atoms with van der Waals surface area (Å²) in [6, 6.07) is 6.15. The Balaban J connectivity index is 1.63. The highest BCUT2D eigenvalue weighted by Crippen LogP contribution is 2.29. The molecule has 0 saturated carbocycles. The molecule has 3 rings (SSSR count). The number of ether oxygens (including phenoxy) is 1. The molecule has 0 spiro atoms. The monoisotopic (exact) mass is 361 g/mol. The van der Waals surface area contributed by atoms with Gasteiger partial charge in [0.2, 0.25) is 0 Å². The number of hydrogen-bond acceptors (Lipinski definition) is 4. The zero-order valence-electron chi connectivity index (χ0n) is 14.9. The number of piperidine rings is 1. The molecule has 0 aliphatic carbocycles. The van der Waals surface area contributed by atoms with E-state index >= 15 is 0 Å². The molecule has 2 heterocycles. The van der Waals surface area contributed by atoms with Gasteiger partial charge in [-0.15, -0.1) is 0 Å². The summed E-state index contributed by atoms with van der Waals surface area (Å²) < 4.78 is 5.44. The first-order chi connectivity index (χ1) is 11.8. The molecular formula is C19H24ClN3O2. The predicted octanol–water partition coefficient (Wildman–Crippen LogP) is 4.70. The predicted molar refractivity (Wildman–Crippen MR) is 101 cm³/mol. The zero-order valence-corrected chi connectivity index (χ0v) is 15.6. The first kappa shape index (κ1) is 17.8. The van der Waals surface area contributed by atoms with Gasteiger partial charge in [0.1, 0.15) is 5.60 Å². The molecule has 1 aliphatic rings. The molecule has 1 amide bonds. The number of anilines is 1. The smallest absolute Gasteiger partial charge is 0.410 e. The largest absolute Gasteiger partial charge is 0.444 e. The lowest BCUT2D eigenvalue weighted by Crippen LogP contribution is -2.44. The molecule has 1 aromatic heterocycles. The summed E-state index contributed by atoms with van der Waals surface area (Å²) in [6.07, 6.45) is 5.13. The number of likely N-dealkylation sites (tertiary alicyclic amines) is 1. The van der Waals surface area contributed by atoms with E-state index < -0.39 is 5.60 Å². The van der Waals surface area contributed by atoms with Crippen LogP contribution in [0.4, 0.5) is 10.5 Å². The first-order valence-corrected chi connectivity index (χ1v) is 8.98. The zero-order chi connectivity index (χ0) is 18.0. The molecular weight excluding hydrogens is 338 g/mol. The van der Waals surface area contributed by atoms with Gasteiger partial charge in [-0.05, 0) is 39.7 Å². The van der Waals surface area contributed by atoms with Crippen molar-refractivity contribution in [3.05, 3.63) is 35.6 Å². The number of carbonyl (C=O) groups excluding carboxylic acids is 1. The van der Waals surface area contributed by atoms with Gasteiger partial charge >= 0.3 is 6.09 Å². The van der Waals surface area contributed by atoms with Crippen molar-refractivity contribution < 1.29 is 9.53 Å². The maximum atomic E-state index is 12.1. The van der Waals surface area contributed by atoms with E-state index in [2.05, 4.69) is 10.3 Å². The number of hydrogen-bond donors (Lipinski definition) is 1. The molecule has 1 fully saturated rings. The van der Waals surface area contributed by atoms with Crippen molar-refractivity contribution in [2.24, 2.45) is 0 Å². The summed E-state index contributed by atoms with van der Waals surface area (Å²) in [6.45, 7) is 7.03. The molecule has 0 bridgehead atoms. The van der Waals surface area contributed by atoms with Crippen molar-refractivity contribution in [3.8, 4) is 0 Å². The highest BCUT2D eigenvalue weighted by atomic mass is 35.5. The standard InChI is InChI=1S/C19H24ClN3O2/c1-19(2,3)25-18(24)23-9-7-13(8-10-23)22-17-12-21-11-15-14(17)5-4-6-16(15)20/h4-6,11-13,22H,7-10H2,1-3H3. The second-order valence-electron chi connectivity index (χ2n) is 7.41. The van der Waals surface area contributed by atoms with Crippen LogP contribution in [-0.2, 0) is 4.74 Å². The van der Waals surface area contributed by atoms with Crippen molar-refractivity contribution >= 4 is 34.2 Å². The molecule has 0 atom stereocenters. The highest BCUT2D eigenvalue weighted by Gasteiger charge is 2.27. The second-order valence-corrected chi connectivity index (χ2v) is 7.82. The molecule has 1 aliphatic heterocycles. The number of rotatable bonds is 2. The van der Waals surface area contributed by atoms with E-state index in [0.29, 0.717) is 24.2 Å². The van der Waals surface area contributed by atoms with E-state index in [9.17, 15) is 4.79 Å². The third-order valence-corrected chi connectivity index (χ3v) is 4.59. The molecule has 0 radical (unpaired) electrons. The number of halogens is 1. The van der Waals surface area contributed by atoms with Gasteiger partial charge in [-0.1, -0.05) is 23.7 Å². The van der Waals surface area contributed by atoms with Crippen LogP contribution in [0.1, 0.15) is 33.6 Å². The molecule has 6 heteroatoms. The van der Waals surface area contributed by atoms with Gasteiger partial charge in [0.15, 0.2) is 0 Å². The minimum Gasteiger partial charge on any atom is -0.444 e. The van der Waals surface area contributed by atoms with Crippen LogP contribution in [0.5, 0.6) is 0 Å². The molecule has 25 heavy (non-hydrogen) atoms.